The molecule has 0 fully saturated rings. The average Bonchev–Trinajstić information content (AvgIpc) is 2.65. The van der Waals surface area contributed by atoms with Crippen molar-refractivity contribution in [3.05, 3.63) is 71.3 Å². The van der Waals surface area contributed by atoms with E-state index in [9.17, 15) is 14.9 Å². The average molecular weight is 334 g/mol. The Labute approximate surface area is 146 Å². The Bertz CT molecular complexity index is 803. The van der Waals surface area contributed by atoms with E-state index in [-0.39, 0.29) is 5.57 Å². The number of benzene rings is 2. The summed E-state index contributed by atoms with van der Waals surface area (Å²) in [5.41, 5.74) is 1.67. The molecule has 126 valence electrons. The molecule has 5 heteroatoms. The molecule has 2 rings (SSSR count). The molecule has 2 aromatic carbocycles. The van der Waals surface area contributed by atoms with Gasteiger partial charge in [-0.15, -0.1) is 0 Å². The van der Waals surface area contributed by atoms with E-state index in [1.165, 1.54) is 6.08 Å². The number of nitrogens with one attached hydrogen (secondary N) is 1. The highest BCUT2D eigenvalue weighted by molar-refractivity contribution is 6.09. The Morgan fingerprint density at radius 3 is 2.40 bits per heavy atom. The number of rotatable bonds is 6. The third-order valence-electron chi connectivity index (χ3n) is 3.29. The molecule has 0 saturated carbocycles. The molecular formula is C20H18N2O3. The number of ether oxygens (including phenoxy) is 1. The van der Waals surface area contributed by atoms with Crippen molar-refractivity contribution in [2.45, 2.75) is 13.3 Å². The van der Waals surface area contributed by atoms with Crippen LogP contribution in [-0.4, -0.2) is 18.5 Å². The second-order valence-electron chi connectivity index (χ2n) is 5.25. The Morgan fingerprint density at radius 1 is 1.12 bits per heavy atom. The summed E-state index contributed by atoms with van der Waals surface area (Å²) in [7, 11) is 0. The second-order valence-corrected chi connectivity index (χ2v) is 5.25. The fraction of sp³-hybridized carbons (Fsp3) is 0.150. The summed E-state index contributed by atoms with van der Waals surface area (Å²) in [5, 5.41) is 11.8. The summed E-state index contributed by atoms with van der Waals surface area (Å²) in [6.45, 7) is 2.29. The van der Waals surface area contributed by atoms with Gasteiger partial charge in [-0.05, 0) is 42.3 Å². The van der Waals surface area contributed by atoms with Crippen LogP contribution in [0.3, 0.4) is 0 Å². The number of hydrogen-bond donors (Lipinski definition) is 1. The van der Waals surface area contributed by atoms with Crippen LogP contribution in [0.2, 0.25) is 0 Å². The second kappa shape index (κ2) is 9.04. The van der Waals surface area contributed by atoms with Crippen LogP contribution in [0.4, 0.5) is 5.69 Å². The minimum atomic E-state index is -0.507. The van der Waals surface area contributed by atoms with Gasteiger partial charge in [0.05, 0.1) is 12.2 Å². The van der Waals surface area contributed by atoms with E-state index in [2.05, 4.69) is 5.32 Å². The van der Waals surface area contributed by atoms with Gasteiger partial charge < -0.3 is 10.1 Å². The molecule has 0 aromatic heterocycles. The molecule has 0 atom stereocenters. The number of nitriles is 1. The Hall–Kier alpha value is -3.39. The molecule has 0 heterocycles. The predicted molar refractivity (Wildman–Crippen MR) is 95.7 cm³/mol. The van der Waals surface area contributed by atoms with Gasteiger partial charge in [0.2, 0.25) is 0 Å². The summed E-state index contributed by atoms with van der Waals surface area (Å²) in [5.74, 6) is -0.908. The molecule has 25 heavy (non-hydrogen) atoms. The maximum absolute atomic E-state index is 12.2. The number of carbonyl (C=O) groups excluding carboxylic acids is 2. The smallest absolute Gasteiger partial charge is 0.338 e. The minimum Gasteiger partial charge on any atom is -0.462 e. The molecule has 0 aliphatic rings. The molecule has 1 amide bonds. The number of carbonyl (C=O) groups is 2. The first kappa shape index (κ1) is 18.0. The molecule has 0 saturated heterocycles. The van der Waals surface area contributed by atoms with Crippen LogP contribution in [0.1, 0.15) is 29.3 Å². The van der Waals surface area contributed by atoms with Crippen molar-refractivity contribution in [1.29, 1.82) is 5.26 Å². The fourth-order valence-electron chi connectivity index (χ4n) is 2.03. The normalized spacial score (nSPS) is 10.6. The van der Waals surface area contributed by atoms with Gasteiger partial charge in [-0.3, -0.25) is 4.79 Å². The first-order chi connectivity index (χ1) is 12.1. The van der Waals surface area contributed by atoms with Gasteiger partial charge in [-0.1, -0.05) is 37.3 Å². The first-order valence-corrected chi connectivity index (χ1v) is 7.89. The molecule has 5 nitrogen and oxygen atoms in total. The minimum absolute atomic E-state index is 0.00219. The van der Waals surface area contributed by atoms with Gasteiger partial charge in [0, 0.05) is 5.69 Å². The van der Waals surface area contributed by atoms with Gasteiger partial charge in [-0.25, -0.2) is 4.79 Å². The fourth-order valence-corrected chi connectivity index (χ4v) is 2.03. The van der Waals surface area contributed by atoms with E-state index in [1.54, 1.807) is 36.4 Å². The largest absolute Gasteiger partial charge is 0.462 e. The van der Waals surface area contributed by atoms with E-state index >= 15 is 0 Å². The predicted octanol–water partition coefficient (Wildman–Crippen LogP) is 3.80. The van der Waals surface area contributed by atoms with E-state index in [1.807, 2.05) is 31.2 Å². The molecule has 0 spiro atoms. The lowest BCUT2D eigenvalue weighted by Gasteiger charge is -2.06. The quantitative estimate of drug-likeness (QED) is 0.495. The van der Waals surface area contributed by atoms with Crippen LogP contribution in [-0.2, 0) is 9.53 Å². The number of hydrogen-bond acceptors (Lipinski definition) is 4. The van der Waals surface area contributed by atoms with Crippen molar-refractivity contribution in [3.8, 4) is 6.07 Å². The van der Waals surface area contributed by atoms with Gasteiger partial charge in [0.15, 0.2) is 0 Å². The SMILES string of the molecule is CCCOC(=O)c1ccc(NC(=O)/C(C#N)=C/c2ccccc2)cc1. The standard InChI is InChI=1S/C20H18N2O3/c1-2-12-25-20(24)16-8-10-18(11-9-16)22-19(23)17(14-21)13-15-6-4-3-5-7-15/h3-11,13H,2,12H2,1H3,(H,22,23)/b17-13+. The van der Waals surface area contributed by atoms with Crippen molar-refractivity contribution >= 4 is 23.6 Å². The summed E-state index contributed by atoms with van der Waals surface area (Å²) in [6, 6.07) is 17.4. The molecular weight excluding hydrogens is 316 g/mol. The van der Waals surface area contributed by atoms with E-state index in [0.29, 0.717) is 17.9 Å². The molecule has 1 N–H and O–H groups in total. The van der Waals surface area contributed by atoms with Crippen LogP contribution < -0.4 is 5.32 Å². The number of amides is 1. The molecule has 0 unspecified atom stereocenters. The Balaban J connectivity index is 2.06. The Morgan fingerprint density at radius 2 is 1.80 bits per heavy atom. The van der Waals surface area contributed by atoms with Crippen LogP contribution in [0.15, 0.2) is 60.2 Å². The lowest BCUT2D eigenvalue weighted by atomic mass is 10.1. The summed E-state index contributed by atoms with van der Waals surface area (Å²) in [4.78, 5) is 23.9. The van der Waals surface area contributed by atoms with E-state index in [0.717, 1.165) is 12.0 Å². The van der Waals surface area contributed by atoms with Gasteiger partial charge in [0.1, 0.15) is 11.6 Å². The maximum atomic E-state index is 12.2. The van der Waals surface area contributed by atoms with Crippen LogP contribution >= 0.6 is 0 Å². The zero-order chi connectivity index (χ0) is 18.1. The molecule has 2 aromatic rings. The zero-order valence-electron chi connectivity index (χ0n) is 13.9. The Kier molecular flexibility index (Phi) is 6.49. The number of esters is 1. The lowest BCUT2D eigenvalue weighted by Crippen LogP contribution is -2.13. The molecule has 0 bridgehead atoms. The van der Waals surface area contributed by atoms with Crippen LogP contribution in [0.5, 0.6) is 0 Å². The maximum Gasteiger partial charge on any atom is 0.338 e. The third-order valence-corrected chi connectivity index (χ3v) is 3.29. The van der Waals surface area contributed by atoms with Crippen molar-refractivity contribution in [1.82, 2.24) is 0 Å². The third kappa shape index (κ3) is 5.33. The topological polar surface area (TPSA) is 79.2 Å². The van der Waals surface area contributed by atoms with Crippen LogP contribution in [0, 0.1) is 11.3 Å². The highest BCUT2D eigenvalue weighted by Gasteiger charge is 2.11. The zero-order valence-corrected chi connectivity index (χ0v) is 13.9. The number of nitrogens with zero attached hydrogens (tertiary/aromatic N) is 1. The first-order valence-electron chi connectivity index (χ1n) is 7.89. The van der Waals surface area contributed by atoms with Crippen molar-refractivity contribution < 1.29 is 14.3 Å². The van der Waals surface area contributed by atoms with Crippen LogP contribution in [0.25, 0.3) is 6.08 Å². The highest BCUT2D eigenvalue weighted by atomic mass is 16.5. The van der Waals surface area contributed by atoms with Gasteiger partial charge >= 0.3 is 5.97 Å². The molecule has 0 aliphatic heterocycles. The summed E-state index contributed by atoms with van der Waals surface area (Å²) >= 11 is 0. The van der Waals surface area contributed by atoms with E-state index < -0.39 is 11.9 Å². The summed E-state index contributed by atoms with van der Waals surface area (Å²) < 4.78 is 5.04. The lowest BCUT2D eigenvalue weighted by molar-refractivity contribution is -0.112. The number of anilines is 1. The van der Waals surface area contributed by atoms with Crippen molar-refractivity contribution in [2.24, 2.45) is 0 Å². The molecule has 0 radical (unpaired) electrons. The van der Waals surface area contributed by atoms with Crippen molar-refractivity contribution in [3.63, 3.8) is 0 Å². The van der Waals surface area contributed by atoms with Gasteiger partial charge in [0.25, 0.3) is 5.91 Å². The van der Waals surface area contributed by atoms with Crippen molar-refractivity contribution in [2.75, 3.05) is 11.9 Å². The molecule has 0 aliphatic carbocycles. The monoisotopic (exact) mass is 334 g/mol. The summed E-state index contributed by atoms with van der Waals surface area (Å²) in [6.07, 6.45) is 2.27. The van der Waals surface area contributed by atoms with Gasteiger partial charge in [-0.2, -0.15) is 5.26 Å². The van der Waals surface area contributed by atoms with E-state index in [4.69, 9.17) is 4.74 Å². The highest BCUT2D eigenvalue weighted by Crippen LogP contribution is 2.13.